The van der Waals surface area contributed by atoms with E-state index in [9.17, 15) is 17.6 Å². The van der Waals surface area contributed by atoms with Crippen LogP contribution >= 0.6 is 0 Å². The summed E-state index contributed by atoms with van der Waals surface area (Å²) in [5.41, 5.74) is 7.02. The Hall–Kier alpha value is -6.52. The van der Waals surface area contributed by atoms with Gasteiger partial charge in [-0.1, -0.05) is 127 Å². The van der Waals surface area contributed by atoms with Gasteiger partial charge in [-0.3, -0.25) is 0 Å². The van der Waals surface area contributed by atoms with Gasteiger partial charge in [-0.25, -0.2) is 17.6 Å². The third kappa shape index (κ3) is 4.54. The largest absolute Gasteiger partial charge is 0.207 e. The minimum atomic E-state index is -1.48. The Balaban J connectivity index is 1.23. The number of hydrogen-bond donors (Lipinski definition) is 0. The molecule has 0 nitrogen and oxygen atoms in total. The van der Waals surface area contributed by atoms with Crippen LogP contribution in [0.3, 0.4) is 0 Å². The van der Waals surface area contributed by atoms with Crippen molar-refractivity contribution in [1.82, 2.24) is 0 Å². The normalized spacial score (nSPS) is 11.8. The second-order valence-corrected chi connectivity index (χ2v) is 13.3. The average molecular weight is 679 g/mol. The van der Waals surface area contributed by atoms with Crippen molar-refractivity contribution in [3.8, 4) is 44.5 Å². The topological polar surface area (TPSA) is 0 Å². The van der Waals surface area contributed by atoms with Gasteiger partial charge in [-0.15, -0.1) is 0 Å². The molecule has 0 radical (unpaired) electrons. The molecule has 10 aromatic carbocycles. The molecule has 10 rings (SSSR count). The lowest BCUT2D eigenvalue weighted by molar-refractivity contribution is 0.448. The molecule has 0 fully saturated rings. The van der Waals surface area contributed by atoms with Gasteiger partial charge in [-0.2, -0.15) is 0 Å². The van der Waals surface area contributed by atoms with Crippen LogP contribution in [0.15, 0.2) is 158 Å². The molecule has 0 unspecified atom stereocenters. The highest BCUT2D eigenvalue weighted by Gasteiger charge is 2.21. The summed E-state index contributed by atoms with van der Waals surface area (Å²) in [6.45, 7) is 0. The van der Waals surface area contributed by atoms with Crippen molar-refractivity contribution < 1.29 is 17.6 Å². The molecule has 0 saturated heterocycles. The van der Waals surface area contributed by atoms with E-state index in [1.54, 1.807) is 6.07 Å². The van der Waals surface area contributed by atoms with Gasteiger partial charge in [0, 0.05) is 0 Å². The monoisotopic (exact) mass is 678 g/mol. The first kappa shape index (κ1) is 30.3. The first-order chi connectivity index (χ1) is 25.4. The molecule has 4 heteroatoms. The molecule has 0 aromatic heterocycles. The zero-order chi connectivity index (χ0) is 35.1. The van der Waals surface area contributed by atoms with Crippen molar-refractivity contribution in [1.29, 1.82) is 0 Å². The summed E-state index contributed by atoms with van der Waals surface area (Å²) in [5, 5.41) is 11.1. The number of rotatable bonds is 4. The van der Waals surface area contributed by atoms with Crippen molar-refractivity contribution in [3.63, 3.8) is 0 Å². The van der Waals surface area contributed by atoms with Gasteiger partial charge in [0.1, 0.15) is 5.82 Å². The summed E-state index contributed by atoms with van der Waals surface area (Å²) >= 11 is 0. The van der Waals surface area contributed by atoms with Crippen molar-refractivity contribution in [3.05, 3.63) is 181 Å². The fourth-order valence-electron chi connectivity index (χ4n) is 8.21. The minimum Gasteiger partial charge on any atom is -0.207 e. The van der Waals surface area contributed by atoms with Crippen LogP contribution in [0.2, 0.25) is 0 Å². The van der Waals surface area contributed by atoms with Gasteiger partial charge in [0.15, 0.2) is 17.5 Å². The van der Waals surface area contributed by atoms with Gasteiger partial charge in [0.2, 0.25) is 0 Å². The van der Waals surface area contributed by atoms with Crippen molar-refractivity contribution in [2.24, 2.45) is 0 Å². The Morgan fingerprint density at radius 1 is 0.308 bits per heavy atom. The molecule has 0 bridgehead atoms. The van der Waals surface area contributed by atoms with E-state index in [2.05, 4.69) is 97.1 Å². The SMILES string of the molecule is Fc1ccc(-c2c3ccccc3c(-c3ccc4ccc5c(-c6cccc(-c7cc(F)c(F)c(F)c7)c6)ccc6ccc3c4c65)c3ccccc23)cc1. The molecule has 246 valence electrons. The lowest BCUT2D eigenvalue weighted by Crippen LogP contribution is -1.93. The Labute approximate surface area is 296 Å². The van der Waals surface area contributed by atoms with E-state index in [4.69, 9.17) is 0 Å². The quantitative estimate of drug-likeness (QED) is 0.0752. The van der Waals surface area contributed by atoms with Crippen molar-refractivity contribution in [2.75, 3.05) is 0 Å². The standard InChI is InChI=1S/C48H26F4/c49-33-18-12-27(13-19-33)44-35-8-1-3-10-37(35)47(38-11-4-2-9-36(38)44)41-23-17-29-15-21-39-34(20-14-28-16-22-40(41)46(29)45(28)39)31-7-5-6-30(24-31)32-25-42(50)48(52)43(51)26-32/h1-26H. The highest BCUT2D eigenvalue weighted by atomic mass is 19.2. The summed E-state index contributed by atoms with van der Waals surface area (Å²) in [6.07, 6.45) is 0. The second-order valence-electron chi connectivity index (χ2n) is 13.3. The zero-order valence-electron chi connectivity index (χ0n) is 27.5. The molecule has 0 heterocycles. The van der Waals surface area contributed by atoms with Gasteiger partial charge in [-0.05, 0) is 129 Å². The molecule has 0 atom stereocenters. The van der Waals surface area contributed by atoms with Gasteiger partial charge >= 0.3 is 0 Å². The second kappa shape index (κ2) is 11.5. The van der Waals surface area contributed by atoms with Crippen LogP contribution in [0, 0.1) is 23.3 Å². The zero-order valence-corrected chi connectivity index (χ0v) is 27.5. The van der Waals surface area contributed by atoms with E-state index in [1.807, 2.05) is 30.3 Å². The van der Waals surface area contributed by atoms with Crippen LogP contribution in [0.25, 0.3) is 98.4 Å². The summed E-state index contributed by atoms with van der Waals surface area (Å²) in [6, 6.07) is 50.5. The molecule has 10 aromatic rings. The molecular formula is C48H26F4. The Bertz CT molecular complexity index is 2970. The molecule has 0 amide bonds. The minimum absolute atomic E-state index is 0.267. The lowest BCUT2D eigenvalue weighted by Gasteiger charge is -2.20. The van der Waals surface area contributed by atoms with Gasteiger partial charge < -0.3 is 0 Å². The maximum absolute atomic E-state index is 14.2. The summed E-state index contributed by atoms with van der Waals surface area (Å²) < 4.78 is 56.2. The molecule has 0 aliphatic heterocycles. The van der Waals surface area contributed by atoms with Crippen LogP contribution in [0.4, 0.5) is 17.6 Å². The van der Waals surface area contributed by atoms with E-state index >= 15 is 0 Å². The third-order valence-corrected chi connectivity index (χ3v) is 10.5. The van der Waals surface area contributed by atoms with E-state index in [-0.39, 0.29) is 11.4 Å². The molecule has 0 spiro atoms. The first-order valence-corrected chi connectivity index (χ1v) is 17.1. The van der Waals surface area contributed by atoms with E-state index in [0.29, 0.717) is 5.56 Å². The number of halogens is 4. The van der Waals surface area contributed by atoms with E-state index in [0.717, 1.165) is 99.4 Å². The maximum Gasteiger partial charge on any atom is 0.194 e. The predicted octanol–water partition coefficient (Wildman–Crippen LogP) is 14.1. The number of hydrogen-bond acceptors (Lipinski definition) is 0. The van der Waals surface area contributed by atoms with Crippen LogP contribution in [-0.4, -0.2) is 0 Å². The molecule has 52 heavy (non-hydrogen) atoms. The summed E-state index contributed by atoms with van der Waals surface area (Å²) in [7, 11) is 0. The van der Waals surface area contributed by atoms with Crippen molar-refractivity contribution in [2.45, 2.75) is 0 Å². The molecular weight excluding hydrogens is 653 g/mol. The average Bonchev–Trinajstić information content (AvgIpc) is 3.18. The first-order valence-electron chi connectivity index (χ1n) is 17.1. The number of fused-ring (bicyclic) bond motifs is 2. The highest BCUT2D eigenvalue weighted by Crippen LogP contribution is 2.48. The molecule has 0 saturated carbocycles. The molecule has 0 aliphatic rings. The lowest BCUT2D eigenvalue weighted by atomic mass is 9.83. The van der Waals surface area contributed by atoms with Crippen LogP contribution in [0.1, 0.15) is 0 Å². The van der Waals surface area contributed by atoms with Gasteiger partial charge in [0.25, 0.3) is 0 Å². The Kier molecular flexibility index (Phi) is 6.71. The number of benzene rings is 10. The third-order valence-electron chi connectivity index (χ3n) is 10.5. The van der Waals surface area contributed by atoms with E-state index < -0.39 is 17.5 Å². The van der Waals surface area contributed by atoms with Crippen LogP contribution in [0.5, 0.6) is 0 Å². The Morgan fingerprint density at radius 3 is 1.40 bits per heavy atom. The van der Waals surface area contributed by atoms with Crippen LogP contribution < -0.4 is 0 Å². The van der Waals surface area contributed by atoms with E-state index in [1.165, 1.54) is 12.1 Å². The maximum atomic E-state index is 14.2. The van der Waals surface area contributed by atoms with Crippen molar-refractivity contribution >= 4 is 53.9 Å². The summed E-state index contributed by atoms with van der Waals surface area (Å²) in [4.78, 5) is 0. The fourth-order valence-corrected chi connectivity index (χ4v) is 8.21. The Morgan fingerprint density at radius 2 is 0.808 bits per heavy atom. The predicted molar refractivity (Wildman–Crippen MR) is 207 cm³/mol. The van der Waals surface area contributed by atoms with Crippen LogP contribution in [-0.2, 0) is 0 Å². The van der Waals surface area contributed by atoms with Gasteiger partial charge in [0.05, 0.1) is 0 Å². The smallest absolute Gasteiger partial charge is 0.194 e. The molecule has 0 aliphatic carbocycles. The fraction of sp³-hybridized carbons (Fsp3) is 0. The highest BCUT2D eigenvalue weighted by molar-refractivity contribution is 6.30. The summed E-state index contributed by atoms with van der Waals surface area (Å²) in [5.74, 6) is -4.18. The molecule has 0 N–H and O–H groups in total.